The van der Waals surface area contributed by atoms with Crippen LogP contribution in [-0.2, 0) is 6.54 Å². The fourth-order valence-corrected chi connectivity index (χ4v) is 2.51. The van der Waals surface area contributed by atoms with Crippen LogP contribution in [0.25, 0.3) is 0 Å². The molecule has 1 fully saturated rings. The Morgan fingerprint density at radius 1 is 1.48 bits per heavy atom. The highest BCUT2D eigenvalue weighted by Gasteiger charge is 2.29. The number of nitrogens with zero attached hydrogens (tertiary/aromatic N) is 2. The molecule has 0 atom stereocenters. The first-order valence-electron chi connectivity index (χ1n) is 7.30. The van der Waals surface area contributed by atoms with Crippen LogP contribution >= 0.6 is 11.6 Å². The van der Waals surface area contributed by atoms with Gasteiger partial charge in [0.25, 0.3) is 5.56 Å². The van der Waals surface area contributed by atoms with E-state index in [0.717, 1.165) is 12.8 Å². The Balaban J connectivity index is 2.29. The van der Waals surface area contributed by atoms with Gasteiger partial charge in [-0.05, 0) is 25.2 Å². The Morgan fingerprint density at radius 2 is 2.14 bits per heavy atom. The van der Waals surface area contributed by atoms with E-state index in [0.29, 0.717) is 18.9 Å². The topological polar surface area (TPSA) is 87.4 Å². The first kappa shape index (κ1) is 16.3. The number of aromatic nitrogens is 2. The summed E-state index contributed by atoms with van der Waals surface area (Å²) >= 11 is 6.06. The molecule has 0 radical (unpaired) electrons. The van der Waals surface area contributed by atoms with Gasteiger partial charge in [0.05, 0.1) is 30.0 Å². The van der Waals surface area contributed by atoms with Gasteiger partial charge < -0.3 is 15.5 Å². The van der Waals surface area contributed by atoms with Crippen molar-refractivity contribution in [1.82, 2.24) is 9.78 Å². The third kappa shape index (κ3) is 3.39. The zero-order valence-electron chi connectivity index (χ0n) is 12.2. The summed E-state index contributed by atoms with van der Waals surface area (Å²) in [6, 6.07) is 0. The number of nitrogens with one attached hydrogen (secondary N) is 1. The molecule has 3 N–H and O–H groups in total. The van der Waals surface area contributed by atoms with Crippen LogP contribution in [0.1, 0.15) is 32.6 Å². The maximum Gasteiger partial charge on any atom is 0.291 e. The highest BCUT2D eigenvalue weighted by atomic mass is 35.5. The van der Waals surface area contributed by atoms with Crippen molar-refractivity contribution in [2.75, 3.05) is 18.5 Å². The fraction of sp³-hybridized carbons (Fsp3) is 0.714. The Morgan fingerprint density at radius 3 is 2.62 bits per heavy atom. The van der Waals surface area contributed by atoms with Crippen molar-refractivity contribution in [3.63, 3.8) is 0 Å². The average molecular weight is 316 g/mol. The van der Waals surface area contributed by atoms with E-state index in [1.807, 2.05) is 6.92 Å². The van der Waals surface area contributed by atoms with Gasteiger partial charge in [0, 0.05) is 6.54 Å². The van der Waals surface area contributed by atoms with Crippen molar-refractivity contribution >= 4 is 17.3 Å². The number of hydrogen-bond acceptors (Lipinski definition) is 5. The molecule has 118 valence electrons. The molecular weight excluding hydrogens is 294 g/mol. The van der Waals surface area contributed by atoms with E-state index < -0.39 is 5.54 Å². The van der Waals surface area contributed by atoms with E-state index >= 15 is 0 Å². The fourth-order valence-electron chi connectivity index (χ4n) is 2.34. The van der Waals surface area contributed by atoms with Crippen LogP contribution in [0.15, 0.2) is 11.0 Å². The molecule has 7 heteroatoms. The average Bonchev–Trinajstić information content (AvgIpc) is 2.46. The van der Waals surface area contributed by atoms with Crippen molar-refractivity contribution in [1.29, 1.82) is 0 Å². The minimum atomic E-state index is -0.960. The summed E-state index contributed by atoms with van der Waals surface area (Å²) in [7, 11) is 0. The Kier molecular flexibility index (Phi) is 5.24. The summed E-state index contributed by atoms with van der Waals surface area (Å²) in [5.74, 6) is 0.496. The minimum Gasteiger partial charge on any atom is -0.394 e. The van der Waals surface area contributed by atoms with E-state index in [1.54, 1.807) is 0 Å². The summed E-state index contributed by atoms with van der Waals surface area (Å²) in [5.41, 5.74) is -1.08. The number of halogens is 1. The first-order valence-corrected chi connectivity index (χ1v) is 7.68. The molecule has 0 spiro atoms. The second-order valence-electron chi connectivity index (χ2n) is 5.73. The van der Waals surface area contributed by atoms with E-state index in [2.05, 4.69) is 10.4 Å². The minimum absolute atomic E-state index is 0.191. The van der Waals surface area contributed by atoms with Crippen LogP contribution in [0, 0.1) is 5.92 Å². The molecular formula is C14H22ClN3O3. The van der Waals surface area contributed by atoms with Gasteiger partial charge in [-0.25, -0.2) is 4.68 Å². The van der Waals surface area contributed by atoms with Crippen LogP contribution in [0.2, 0.25) is 5.02 Å². The summed E-state index contributed by atoms with van der Waals surface area (Å²) in [5, 5.41) is 26.2. The summed E-state index contributed by atoms with van der Waals surface area (Å²) in [6.07, 6.45) is 5.32. The molecule has 0 aliphatic heterocycles. The van der Waals surface area contributed by atoms with Crippen LogP contribution in [0.5, 0.6) is 0 Å². The van der Waals surface area contributed by atoms with Gasteiger partial charge in [-0.1, -0.05) is 24.9 Å². The summed E-state index contributed by atoms with van der Waals surface area (Å²) < 4.78 is 1.41. The number of aliphatic hydroxyl groups excluding tert-OH is 2. The predicted octanol–water partition coefficient (Wildman–Crippen LogP) is 1.24. The molecule has 2 rings (SSSR count). The first-order chi connectivity index (χ1) is 10.0. The molecule has 0 aromatic carbocycles. The van der Waals surface area contributed by atoms with E-state index in [4.69, 9.17) is 11.6 Å². The largest absolute Gasteiger partial charge is 0.394 e. The van der Waals surface area contributed by atoms with Crippen molar-refractivity contribution < 1.29 is 10.2 Å². The molecule has 6 nitrogen and oxygen atoms in total. The number of hydrogen-bond donors (Lipinski definition) is 3. The lowest BCUT2D eigenvalue weighted by atomic mass is 9.85. The van der Waals surface area contributed by atoms with Crippen molar-refractivity contribution in [2.24, 2.45) is 5.92 Å². The van der Waals surface area contributed by atoms with Crippen LogP contribution in [0.4, 0.5) is 5.69 Å². The zero-order chi connectivity index (χ0) is 15.5. The molecule has 1 aromatic rings. The molecule has 0 bridgehead atoms. The molecule has 21 heavy (non-hydrogen) atoms. The molecule has 1 saturated carbocycles. The number of anilines is 1. The maximum absolute atomic E-state index is 12.5. The molecule has 0 amide bonds. The number of rotatable bonds is 7. The Labute approximate surface area is 128 Å². The third-order valence-electron chi connectivity index (χ3n) is 4.33. The van der Waals surface area contributed by atoms with Gasteiger partial charge in [-0.15, -0.1) is 0 Å². The monoisotopic (exact) mass is 315 g/mol. The van der Waals surface area contributed by atoms with Gasteiger partial charge >= 0.3 is 0 Å². The third-order valence-corrected chi connectivity index (χ3v) is 4.61. The van der Waals surface area contributed by atoms with Crippen LogP contribution < -0.4 is 10.9 Å². The van der Waals surface area contributed by atoms with E-state index in [1.165, 1.54) is 17.3 Å². The maximum atomic E-state index is 12.5. The van der Waals surface area contributed by atoms with Crippen molar-refractivity contribution in [2.45, 2.75) is 44.7 Å². The second kappa shape index (κ2) is 6.77. The lowest BCUT2D eigenvalue weighted by Crippen LogP contribution is -2.47. The Hall–Kier alpha value is -1.11. The highest BCUT2D eigenvalue weighted by Crippen LogP contribution is 2.28. The van der Waals surface area contributed by atoms with E-state index in [-0.39, 0.29) is 29.5 Å². The summed E-state index contributed by atoms with van der Waals surface area (Å²) in [6.45, 7) is 1.82. The predicted molar refractivity (Wildman–Crippen MR) is 81.7 cm³/mol. The molecule has 1 aromatic heterocycles. The zero-order valence-corrected chi connectivity index (χ0v) is 12.9. The van der Waals surface area contributed by atoms with E-state index in [9.17, 15) is 15.0 Å². The second-order valence-corrected chi connectivity index (χ2v) is 6.13. The van der Waals surface area contributed by atoms with Crippen molar-refractivity contribution in [3.05, 3.63) is 21.6 Å². The van der Waals surface area contributed by atoms with Crippen molar-refractivity contribution in [3.8, 4) is 0 Å². The normalized spacial score (nSPS) is 15.8. The molecule has 1 heterocycles. The number of aliphatic hydroxyl groups is 2. The van der Waals surface area contributed by atoms with Gasteiger partial charge in [0.2, 0.25) is 0 Å². The Bertz CT molecular complexity index is 530. The highest BCUT2D eigenvalue weighted by molar-refractivity contribution is 6.33. The molecule has 0 saturated heterocycles. The SMILES string of the molecule is CCC(CO)(CO)Nc1c(Cl)cnn(CC2CCC2)c1=O. The smallest absolute Gasteiger partial charge is 0.291 e. The van der Waals surface area contributed by atoms with Gasteiger partial charge in [-0.3, -0.25) is 4.79 Å². The standard InChI is InChI=1S/C14H22ClN3O3/c1-2-14(8-19,9-20)17-12-11(15)6-16-18(13(12)21)7-10-4-3-5-10/h6,10,17,19-20H,2-5,7-9H2,1H3. The van der Waals surface area contributed by atoms with Gasteiger partial charge in [0.15, 0.2) is 0 Å². The summed E-state index contributed by atoms with van der Waals surface area (Å²) in [4.78, 5) is 12.5. The lowest BCUT2D eigenvalue weighted by molar-refractivity contribution is 0.132. The quantitative estimate of drug-likeness (QED) is 0.704. The van der Waals surface area contributed by atoms with Crippen LogP contribution in [0.3, 0.4) is 0 Å². The molecule has 0 unspecified atom stereocenters. The lowest BCUT2D eigenvalue weighted by Gasteiger charge is -2.31. The van der Waals surface area contributed by atoms with Gasteiger partial charge in [-0.2, -0.15) is 5.10 Å². The van der Waals surface area contributed by atoms with Gasteiger partial charge in [0.1, 0.15) is 5.69 Å². The molecule has 1 aliphatic rings. The van der Waals surface area contributed by atoms with Crippen LogP contribution in [-0.4, -0.2) is 38.7 Å². The molecule has 1 aliphatic carbocycles.